The number of ether oxygens (including phenoxy) is 1. The number of aromatic nitrogens is 3. The topological polar surface area (TPSA) is 56.5 Å². The molecule has 0 spiro atoms. The molecule has 0 N–H and O–H groups in total. The molecule has 0 amide bonds. The van der Waals surface area contributed by atoms with Crippen LogP contribution in [0.25, 0.3) is 5.65 Å². The molecule has 0 radical (unpaired) electrons. The number of carbonyl (C=O) groups is 1. The molecule has 3 rings (SSSR count). The third-order valence-corrected chi connectivity index (χ3v) is 3.09. The Balaban J connectivity index is 1.97. The Bertz CT molecular complexity index is 544. The van der Waals surface area contributed by atoms with E-state index in [0.29, 0.717) is 11.5 Å². The van der Waals surface area contributed by atoms with Crippen LogP contribution >= 0.6 is 0 Å². The first kappa shape index (κ1) is 10.4. The van der Waals surface area contributed by atoms with Gasteiger partial charge in [0.15, 0.2) is 17.8 Å². The molecule has 1 aliphatic heterocycles. The molecule has 1 aliphatic rings. The van der Waals surface area contributed by atoms with Crippen molar-refractivity contribution in [3.8, 4) is 0 Å². The van der Waals surface area contributed by atoms with Crippen molar-refractivity contribution in [3.63, 3.8) is 0 Å². The summed E-state index contributed by atoms with van der Waals surface area (Å²) >= 11 is 0. The minimum absolute atomic E-state index is 0.378. The van der Waals surface area contributed by atoms with Crippen LogP contribution in [0.3, 0.4) is 0 Å². The molecule has 1 saturated heterocycles. The molecule has 0 unspecified atom stereocenters. The van der Waals surface area contributed by atoms with Crippen molar-refractivity contribution in [2.45, 2.75) is 18.8 Å². The van der Waals surface area contributed by atoms with Gasteiger partial charge in [-0.05, 0) is 25.0 Å². The van der Waals surface area contributed by atoms with E-state index in [1.165, 1.54) is 0 Å². The van der Waals surface area contributed by atoms with Crippen LogP contribution in [0.1, 0.15) is 34.9 Å². The maximum atomic E-state index is 10.7. The molecule has 0 aliphatic carbocycles. The van der Waals surface area contributed by atoms with Gasteiger partial charge in [-0.2, -0.15) is 5.10 Å². The van der Waals surface area contributed by atoms with Crippen LogP contribution in [-0.4, -0.2) is 34.1 Å². The second-order valence-electron chi connectivity index (χ2n) is 4.24. The molecule has 3 heterocycles. The molecule has 0 bridgehead atoms. The predicted octanol–water partition coefficient (Wildman–Crippen LogP) is 1.44. The zero-order valence-electron chi connectivity index (χ0n) is 9.37. The summed E-state index contributed by atoms with van der Waals surface area (Å²) in [5.74, 6) is 1.24. The van der Waals surface area contributed by atoms with Crippen molar-refractivity contribution in [3.05, 3.63) is 29.7 Å². The molecule has 5 heteroatoms. The van der Waals surface area contributed by atoms with Gasteiger partial charge in [0.1, 0.15) is 0 Å². The molecule has 0 saturated carbocycles. The van der Waals surface area contributed by atoms with E-state index in [-0.39, 0.29) is 0 Å². The van der Waals surface area contributed by atoms with E-state index in [1.54, 1.807) is 16.8 Å². The van der Waals surface area contributed by atoms with Crippen LogP contribution in [0, 0.1) is 0 Å². The van der Waals surface area contributed by atoms with Crippen molar-refractivity contribution in [2.75, 3.05) is 13.2 Å². The molecule has 0 atom stereocenters. The number of fused-ring (bicyclic) bond motifs is 1. The van der Waals surface area contributed by atoms with E-state index in [1.807, 2.05) is 6.07 Å². The average Bonchev–Trinajstić information content (AvgIpc) is 2.82. The summed E-state index contributed by atoms with van der Waals surface area (Å²) in [5, 5.41) is 4.44. The Morgan fingerprint density at radius 2 is 2.18 bits per heavy atom. The predicted molar refractivity (Wildman–Crippen MR) is 61.2 cm³/mol. The molecule has 88 valence electrons. The molecular weight excluding hydrogens is 218 g/mol. The SMILES string of the molecule is O=Cc1ccc2nc(C3CCOCC3)nn2c1. The summed E-state index contributed by atoms with van der Waals surface area (Å²) in [4.78, 5) is 15.2. The minimum atomic E-state index is 0.378. The van der Waals surface area contributed by atoms with Crippen molar-refractivity contribution in [1.82, 2.24) is 14.6 Å². The van der Waals surface area contributed by atoms with Crippen LogP contribution in [-0.2, 0) is 4.74 Å². The molecule has 1 fully saturated rings. The fraction of sp³-hybridized carbons (Fsp3) is 0.417. The Labute approximate surface area is 98.4 Å². The standard InChI is InChI=1S/C12H13N3O2/c16-8-9-1-2-11-13-12(14-15(11)7-9)10-3-5-17-6-4-10/h1-2,7-8,10H,3-6H2. The van der Waals surface area contributed by atoms with Crippen molar-refractivity contribution in [2.24, 2.45) is 0 Å². The molecular formula is C12H13N3O2. The lowest BCUT2D eigenvalue weighted by Crippen LogP contribution is -2.15. The molecule has 2 aromatic rings. The largest absolute Gasteiger partial charge is 0.381 e. The average molecular weight is 231 g/mol. The Kier molecular flexibility index (Phi) is 2.60. The number of carbonyl (C=O) groups excluding carboxylic acids is 1. The highest BCUT2D eigenvalue weighted by Gasteiger charge is 2.20. The highest BCUT2D eigenvalue weighted by Crippen LogP contribution is 2.24. The van der Waals surface area contributed by atoms with Crippen molar-refractivity contribution < 1.29 is 9.53 Å². The van der Waals surface area contributed by atoms with Crippen molar-refractivity contribution >= 4 is 11.9 Å². The van der Waals surface area contributed by atoms with Gasteiger partial charge in [-0.1, -0.05) is 0 Å². The molecule has 5 nitrogen and oxygen atoms in total. The van der Waals surface area contributed by atoms with Gasteiger partial charge in [0.05, 0.1) is 0 Å². The van der Waals surface area contributed by atoms with Crippen LogP contribution in [0.15, 0.2) is 18.3 Å². The lowest BCUT2D eigenvalue weighted by Gasteiger charge is -2.18. The Morgan fingerprint density at radius 1 is 1.35 bits per heavy atom. The van der Waals surface area contributed by atoms with Gasteiger partial charge >= 0.3 is 0 Å². The molecule has 0 aromatic carbocycles. The first-order valence-electron chi connectivity index (χ1n) is 5.76. The third-order valence-electron chi connectivity index (χ3n) is 3.09. The fourth-order valence-corrected chi connectivity index (χ4v) is 2.11. The number of aldehydes is 1. The van der Waals surface area contributed by atoms with Gasteiger partial charge < -0.3 is 4.74 Å². The van der Waals surface area contributed by atoms with Gasteiger partial charge in [0.2, 0.25) is 0 Å². The van der Waals surface area contributed by atoms with Gasteiger partial charge in [0.25, 0.3) is 0 Å². The van der Waals surface area contributed by atoms with E-state index in [4.69, 9.17) is 4.74 Å². The summed E-state index contributed by atoms with van der Waals surface area (Å²) in [7, 11) is 0. The van der Waals surface area contributed by atoms with Gasteiger partial charge in [-0.15, -0.1) is 0 Å². The first-order valence-corrected chi connectivity index (χ1v) is 5.76. The number of hydrogen-bond donors (Lipinski definition) is 0. The lowest BCUT2D eigenvalue weighted by atomic mass is 10.00. The maximum Gasteiger partial charge on any atom is 0.155 e. The van der Waals surface area contributed by atoms with E-state index in [0.717, 1.165) is 43.8 Å². The van der Waals surface area contributed by atoms with Gasteiger partial charge in [0, 0.05) is 30.9 Å². The monoisotopic (exact) mass is 231 g/mol. The zero-order chi connectivity index (χ0) is 11.7. The van der Waals surface area contributed by atoms with Crippen LogP contribution in [0.2, 0.25) is 0 Å². The minimum Gasteiger partial charge on any atom is -0.381 e. The lowest BCUT2D eigenvalue weighted by molar-refractivity contribution is 0.0836. The highest BCUT2D eigenvalue weighted by molar-refractivity contribution is 5.74. The number of pyridine rings is 1. The van der Waals surface area contributed by atoms with Crippen LogP contribution < -0.4 is 0 Å². The fourth-order valence-electron chi connectivity index (χ4n) is 2.11. The quantitative estimate of drug-likeness (QED) is 0.734. The third kappa shape index (κ3) is 1.93. The number of nitrogens with zero attached hydrogens (tertiary/aromatic N) is 3. The summed E-state index contributed by atoms with van der Waals surface area (Å²) < 4.78 is 7.00. The van der Waals surface area contributed by atoms with Crippen LogP contribution in [0.5, 0.6) is 0 Å². The van der Waals surface area contributed by atoms with Crippen molar-refractivity contribution in [1.29, 1.82) is 0 Å². The van der Waals surface area contributed by atoms with Gasteiger partial charge in [-0.25, -0.2) is 9.50 Å². The van der Waals surface area contributed by atoms with E-state index in [9.17, 15) is 4.79 Å². The van der Waals surface area contributed by atoms with Crippen LogP contribution in [0.4, 0.5) is 0 Å². The number of rotatable bonds is 2. The summed E-state index contributed by atoms with van der Waals surface area (Å²) in [6, 6.07) is 3.57. The summed E-state index contributed by atoms with van der Waals surface area (Å²) in [6.07, 6.45) is 4.46. The highest BCUT2D eigenvalue weighted by atomic mass is 16.5. The maximum absolute atomic E-state index is 10.7. The van der Waals surface area contributed by atoms with E-state index < -0.39 is 0 Å². The summed E-state index contributed by atoms with van der Waals surface area (Å²) in [6.45, 7) is 1.56. The zero-order valence-corrected chi connectivity index (χ0v) is 9.37. The second-order valence-corrected chi connectivity index (χ2v) is 4.24. The second kappa shape index (κ2) is 4.25. The smallest absolute Gasteiger partial charge is 0.155 e. The first-order chi connectivity index (χ1) is 8.36. The molecule has 2 aromatic heterocycles. The number of hydrogen-bond acceptors (Lipinski definition) is 4. The summed E-state index contributed by atoms with van der Waals surface area (Å²) in [5.41, 5.74) is 1.40. The Hall–Kier alpha value is -1.75. The van der Waals surface area contributed by atoms with E-state index in [2.05, 4.69) is 10.1 Å². The Morgan fingerprint density at radius 3 is 2.94 bits per heavy atom. The van der Waals surface area contributed by atoms with Gasteiger partial charge in [-0.3, -0.25) is 4.79 Å². The van der Waals surface area contributed by atoms with E-state index >= 15 is 0 Å². The molecule has 17 heavy (non-hydrogen) atoms. The normalized spacial score (nSPS) is 17.4.